The lowest BCUT2D eigenvalue weighted by molar-refractivity contribution is -0.146. The summed E-state index contributed by atoms with van der Waals surface area (Å²) in [5.41, 5.74) is 0. The van der Waals surface area contributed by atoms with Crippen molar-refractivity contribution >= 4 is 29.2 Å². The number of piperazine rings is 1. The maximum Gasteiger partial charge on any atom is 0.308 e. The number of carbonyl (C=O) groups is 2. The molecule has 0 aromatic carbocycles. The zero-order chi connectivity index (χ0) is 16.1. The molecule has 2 rings (SSSR count). The van der Waals surface area contributed by atoms with Crippen molar-refractivity contribution in [3.63, 3.8) is 0 Å². The van der Waals surface area contributed by atoms with Crippen molar-refractivity contribution in [1.82, 2.24) is 15.5 Å². The zero-order valence-electron chi connectivity index (χ0n) is 12.8. The summed E-state index contributed by atoms with van der Waals surface area (Å²) in [6, 6.07) is -0.388. The number of hydrogen-bond donors (Lipinski definition) is 2. The van der Waals surface area contributed by atoms with Gasteiger partial charge in [-0.1, -0.05) is 18.9 Å². The normalized spacial score (nSPS) is 27.4. The number of hydrogen-bond acceptors (Lipinski definition) is 4. The third kappa shape index (κ3) is 3.58. The van der Waals surface area contributed by atoms with E-state index in [2.05, 4.69) is 17.2 Å². The number of ether oxygens (including phenoxy) is 1. The first kappa shape index (κ1) is 16.7. The quantitative estimate of drug-likeness (QED) is 0.451. The van der Waals surface area contributed by atoms with Crippen LogP contribution in [0.3, 0.4) is 0 Å². The molecule has 1 saturated carbocycles. The largest absolute Gasteiger partial charge is 0.469 e. The minimum Gasteiger partial charge on any atom is -0.469 e. The number of methoxy groups -OCH3 is 1. The van der Waals surface area contributed by atoms with Gasteiger partial charge in [-0.3, -0.25) is 9.59 Å². The zero-order valence-corrected chi connectivity index (χ0v) is 13.7. The van der Waals surface area contributed by atoms with E-state index >= 15 is 0 Å². The molecule has 6 nitrogen and oxygen atoms in total. The van der Waals surface area contributed by atoms with Gasteiger partial charge in [-0.15, -0.1) is 6.58 Å². The Hall–Kier alpha value is -1.63. The van der Waals surface area contributed by atoms with Crippen LogP contribution in [0.4, 0.5) is 0 Å². The fourth-order valence-electron chi connectivity index (χ4n) is 3.22. The number of rotatable bonds is 4. The molecular weight excluding hydrogens is 302 g/mol. The average Bonchev–Trinajstić information content (AvgIpc) is 2.53. The summed E-state index contributed by atoms with van der Waals surface area (Å²) in [4.78, 5) is 26.0. The van der Waals surface area contributed by atoms with Crippen molar-refractivity contribution in [2.75, 3.05) is 13.7 Å². The van der Waals surface area contributed by atoms with Crippen molar-refractivity contribution in [3.8, 4) is 0 Å². The van der Waals surface area contributed by atoms with E-state index in [1.54, 1.807) is 6.08 Å². The highest BCUT2D eigenvalue weighted by atomic mass is 32.1. The van der Waals surface area contributed by atoms with Crippen molar-refractivity contribution in [3.05, 3.63) is 12.7 Å². The van der Waals surface area contributed by atoms with Gasteiger partial charge < -0.3 is 20.3 Å². The van der Waals surface area contributed by atoms with Crippen LogP contribution in [0.5, 0.6) is 0 Å². The summed E-state index contributed by atoms with van der Waals surface area (Å²) in [5, 5.41) is 6.63. The highest BCUT2D eigenvalue weighted by Crippen LogP contribution is 2.29. The van der Waals surface area contributed by atoms with Gasteiger partial charge in [-0.05, 0) is 25.1 Å². The molecule has 1 saturated heterocycles. The van der Waals surface area contributed by atoms with Crippen LogP contribution < -0.4 is 10.6 Å². The summed E-state index contributed by atoms with van der Waals surface area (Å²) in [6.07, 6.45) is 5.82. The van der Waals surface area contributed by atoms with Crippen molar-refractivity contribution in [2.45, 2.75) is 50.2 Å². The van der Waals surface area contributed by atoms with E-state index < -0.39 is 12.0 Å². The summed E-state index contributed by atoms with van der Waals surface area (Å²) < 4.78 is 4.72. The number of nitrogens with one attached hydrogen (secondary N) is 2. The molecule has 0 aromatic rings. The van der Waals surface area contributed by atoms with Gasteiger partial charge in [0, 0.05) is 12.6 Å². The number of carbonyl (C=O) groups excluding carboxylic acids is 2. The van der Waals surface area contributed by atoms with E-state index in [1.807, 2.05) is 4.90 Å². The Morgan fingerprint density at radius 3 is 2.95 bits per heavy atom. The first-order chi connectivity index (χ1) is 10.6. The van der Waals surface area contributed by atoms with Crippen molar-refractivity contribution < 1.29 is 14.3 Å². The minimum atomic E-state index is -0.614. The number of amides is 1. The van der Waals surface area contributed by atoms with Crippen LogP contribution in [0.15, 0.2) is 12.7 Å². The SMILES string of the molecule is C=CCNC(=S)N1C(CC(=O)OC)C(=O)NC2CCCCC21. The van der Waals surface area contributed by atoms with E-state index in [1.165, 1.54) is 7.11 Å². The van der Waals surface area contributed by atoms with Gasteiger partial charge in [0.25, 0.3) is 0 Å². The second kappa shape index (κ2) is 7.58. The maximum atomic E-state index is 12.4. The highest BCUT2D eigenvalue weighted by molar-refractivity contribution is 7.80. The Labute approximate surface area is 136 Å². The molecule has 1 aliphatic carbocycles. The smallest absolute Gasteiger partial charge is 0.308 e. The second-order valence-electron chi connectivity index (χ2n) is 5.64. The molecule has 0 aromatic heterocycles. The third-order valence-corrected chi connectivity index (χ3v) is 4.63. The van der Waals surface area contributed by atoms with Gasteiger partial charge in [0.1, 0.15) is 6.04 Å². The molecule has 2 N–H and O–H groups in total. The number of thiocarbonyl (C=S) groups is 1. The first-order valence-electron chi connectivity index (χ1n) is 7.62. The van der Waals surface area contributed by atoms with E-state index in [0.717, 1.165) is 25.7 Å². The molecule has 2 fully saturated rings. The van der Waals surface area contributed by atoms with Crippen molar-refractivity contribution in [1.29, 1.82) is 0 Å². The average molecular weight is 325 g/mol. The fraction of sp³-hybridized carbons (Fsp3) is 0.667. The fourth-order valence-corrected chi connectivity index (χ4v) is 3.57. The van der Waals surface area contributed by atoms with Crippen LogP contribution in [0.25, 0.3) is 0 Å². The lowest BCUT2D eigenvalue weighted by atomic mass is 9.85. The Morgan fingerprint density at radius 1 is 1.55 bits per heavy atom. The predicted octanol–water partition coefficient (Wildman–Crippen LogP) is 0.722. The Balaban J connectivity index is 2.22. The molecule has 7 heteroatoms. The number of esters is 1. The first-order valence-corrected chi connectivity index (χ1v) is 8.03. The summed E-state index contributed by atoms with van der Waals surface area (Å²) in [7, 11) is 1.32. The monoisotopic (exact) mass is 325 g/mol. The molecule has 2 aliphatic rings. The lowest BCUT2D eigenvalue weighted by Crippen LogP contribution is -2.69. The highest BCUT2D eigenvalue weighted by Gasteiger charge is 2.44. The molecule has 0 radical (unpaired) electrons. The van der Waals surface area contributed by atoms with Crippen molar-refractivity contribution in [2.24, 2.45) is 0 Å². The van der Waals surface area contributed by atoms with E-state index in [9.17, 15) is 9.59 Å². The molecule has 1 amide bonds. The maximum absolute atomic E-state index is 12.4. The van der Waals surface area contributed by atoms with E-state index in [0.29, 0.717) is 11.7 Å². The topological polar surface area (TPSA) is 70.7 Å². The third-order valence-electron chi connectivity index (χ3n) is 4.27. The predicted molar refractivity (Wildman–Crippen MR) is 87.2 cm³/mol. The summed E-state index contributed by atoms with van der Waals surface area (Å²) >= 11 is 5.46. The molecular formula is C15H23N3O3S. The Morgan fingerprint density at radius 2 is 2.27 bits per heavy atom. The molecule has 3 atom stereocenters. The van der Waals surface area contributed by atoms with Crippen LogP contribution in [0.1, 0.15) is 32.1 Å². The van der Waals surface area contributed by atoms with Crippen LogP contribution in [0.2, 0.25) is 0 Å². The summed E-state index contributed by atoms with van der Waals surface area (Å²) in [5.74, 6) is -0.567. The van der Waals surface area contributed by atoms with Crippen LogP contribution >= 0.6 is 12.2 Å². The van der Waals surface area contributed by atoms with Gasteiger partial charge in [-0.25, -0.2) is 0 Å². The second-order valence-corrected chi connectivity index (χ2v) is 6.03. The van der Waals surface area contributed by atoms with E-state index in [4.69, 9.17) is 17.0 Å². The molecule has 3 unspecified atom stereocenters. The minimum absolute atomic E-state index is 0.00145. The lowest BCUT2D eigenvalue weighted by Gasteiger charge is -2.49. The Bertz CT molecular complexity index is 469. The van der Waals surface area contributed by atoms with Gasteiger partial charge in [0.05, 0.1) is 19.6 Å². The summed E-state index contributed by atoms with van der Waals surface area (Å²) in [6.45, 7) is 4.19. The molecule has 0 spiro atoms. The number of nitrogens with zero attached hydrogens (tertiary/aromatic N) is 1. The molecule has 22 heavy (non-hydrogen) atoms. The standard InChI is InChI=1S/C15H23N3O3S/c1-3-8-16-15(22)18-11-7-5-4-6-10(11)17-14(20)12(18)9-13(19)21-2/h3,10-12H,1,4-9H2,2H3,(H,16,22)(H,17,20). The molecule has 0 bridgehead atoms. The molecule has 1 heterocycles. The van der Waals surface area contributed by atoms with Gasteiger partial charge >= 0.3 is 5.97 Å². The van der Waals surface area contributed by atoms with Gasteiger partial charge in [0.15, 0.2) is 5.11 Å². The molecule has 1 aliphatic heterocycles. The van der Waals surface area contributed by atoms with Crippen LogP contribution in [-0.4, -0.2) is 53.7 Å². The van der Waals surface area contributed by atoms with Gasteiger partial charge in [-0.2, -0.15) is 0 Å². The van der Waals surface area contributed by atoms with Gasteiger partial charge in [0.2, 0.25) is 5.91 Å². The van der Waals surface area contributed by atoms with E-state index in [-0.39, 0.29) is 24.4 Å². The van der Waals surface area contributed by atoms with Crippen LogP contribution in [-0.2, 0) is 14.3 Å². The molecule has 122 valence electrons. The Kier molecular flexibility index (Phi) is 5.76. The van der Waals surface area contributed by atoms with Crippen LogP contribution in [0, 0.1) is 0 Å². The number of fused-ring (bicyclic) bond motifs is 1.